The lowest BCUT2D eigenvalue weighted by atomic mass is 9.98. The van der Waals surface area contributed by atoms with Gasteiger partial charge in [0.15, 0.2) is 0 Å². The van der Waals surface area contributed by atoms with Crippen molar-refractivity contribution in [1.29, 1.82) is 0 Å². The van der Waals surface area contributed by atoms with E-state index in [4.69, 9.17) is 9.84 Å². The van der Waals surface area contributed by atoms with Gasteiger partial charge >= 0.3 is 5.97 Å². The Balaban J connectivity index is 2.78. The average Bonchev–Trinajstić information content (AvgIpc) is 2.77. The summed E-state index contributed by atoms with van der Waals surface area (Å²) in [6, 6.07) is 8.78. The van der Waals surface area contributed by atoms with Gasteiger partial charge in [0.25, 0.3) is 0 Å². The zero-order valence-electron chi connectivity index (χ0n) is 18.9. The predicted molar refractivity (Wildman–Crippen MR) is 125 cm³/mol. The minimum atomic E-state index is -0.611. The van der Waals surface area contributed by atoms with E-state index in [1.807, 2.05) is 30.3 Å². The van der Waals surface area contributed by atoms with Crippen LogP contribution in [-0.4, -0.2) is 48.2 Å². The van der Waals surface area contributed by atoms with Gasteiger partial charge in [0.1, 0.15) is 6.61 Å². The Hall–Kier alpha value is -2.93. The molecule has 0 bridgehead atoms. The molecule has 0 aliphatic carbocycles. The molecular formula is C25H36N2O5. The van der Waals surface area contributed by atoms with Gasteiger partial charge in [-0.1, -0.05) is 42.5 Å². The van der Waals surface area contributed by atoms with Crippen molar-refractivity contribution in [2.45, 2.75) is 57.5 Å². The highest BCUT2D eigenvalue weighted by molar-refractivity contribution is 5.86. The number of rotatable bonds is 16. The summed E-state index contributed by atoms with van der Waals surface area (Å²) in [7, 11) is 0. The van der Waals surface area contributed by atoms with Crippen LogP contribution in [0.15, 0.2) is 55.6 Å². The maximum absolute atomic E-state index is 12.9. The summed E-state index contributed by atoms with van der Waals surface area (Å²) >= 11 is 0. The quantitative estimate of drug-likeness (QED) is 0.207. The van der Waals surface area contributed by atoms with Gasteiger partial charge in [-0.15, -0.1) is 13.2 Å². The molecule has 0 saturated carbocycles. The van der Waals surface area contributed by atoms with Crippen LogP contribution in [0, 0.1) is 5.92 Å². The van der Waals surface area contributed by atoms with Gasteiger partial charge in [0.05, 0.1) is 18.6 Å². The molecule has 1 aromatic carbocycles. The van der Waals surface area contributed by atoms with Gasteiger partial charge in [0, 0.05) is 18.9 Å². The van der Waals surface area contributed by atoms with Crippen LogP contribution in [0.5, 0.6) is 0 Å². The molecule has 0 fully saturated rings. The van der Waals surface area contributed by atoms with Crippen LogP contribution < -0.4 is 10.6 Å². The van der Waals surface area contributed by atoms with Crippen LogP contribution in [0.2, 0.25) is 0 Å². The van der Waals surface area contributed by atoms with E-state index in [2.05, 4.69) is 23.8 Å². The normalized spacial score (nSPS) is 13.3. The third-order valence-electron chi connectivity index (χ3n) is 4.84. The SMILES string of the molecule is C=CCCCC(=O)OC[C@H](Cc1ccccc1)NC(=O)[C@H](CC=C)CC(=O)N[C@H](C)CO. The number of aliphatic hydroxyl groups excluding tert-OH is 1. The fourth-order valence-electron chi connectivity index (χ4n) is 3.11. The van der Waals surface area contributed by atoms with E-state index in [1.165, 1.54) is 0 Å². The minimum absolute atomic E-state index is 0.0262. The molecule has 7 nitrogen and oxygen atoms in total. The number of esters is 1. The smallest absolute Gasteiger partial charge is 0.305 e. The largest absolute Gasteiger partial charge is 0.463 e. The molecule has 2 amide bonds. The third-order valence-corrected chi connectivity index (χ3v) is 4.84. The Bertz CT molecular complexity index is 735. The molecule has 0 spiro atoms. The van der Waals surface area contributed by atoms with Crippen LogP contribution >= 0.6 is 0 Å². The first-order valence-electron chi connectivity index (χ1n) is 11.0. The van der Waals surface area contributed by atoms with Crippen LogP contribution in [0.25, 0.3) is 0 Å². The maximum atomic E-state index is 12.9. The highest BCUT2D eigenvalue weighted by atomic mass is 16.5. The summed E-state index contributed by atoms with van der Waals surface area (Å²) in [4.78, 5) is 37.2. The number of hydrogen-bond acceptors (Lipinski definition) is 5. The molecule has 32 heavy (non-hydrogen) atoms. The van der Waals surface area contributed by atoms with Crippen LogP contribution in [0.1, 0.15) is 44.6 Å². The van der Waals surface area contributed by atoms with Crippen molar-refractivity contribution >= 4 is 17.8 Å². The lowest BCUT2D eigenvalue weighted by Crippen LogP contribution is -2.45. The molecule has 0 radical (unpaired) electrons. The molecule has 0 unspecified atom stereocenters. The second-order valence-corrected chi connectivity index (χ2v) is 7.84. The minimum Gasteiger partial charge on any atom is -0.463 e. The van der Waals surface area contributed by atoms with Crippen LogP contribution in [-0.2, 0) is 25.5 Å². The number of nitrogens with one attached hydrogen (secondary N) is 2. The molecule has 0 heterocycles. The van der Waals surface area contributed by atoms with E-state index in [0.29, 0.717) is 25.7 Å². The summed E-state index contributed by atoms with van der Waals surface area (Å²) in [6.07, 6.45) is 5.83. The molecular weight excluding hydrogens is 408 g/mol. The number of allylic oxidation sites excluding steroid dienone is 2. The number of hydrogen-bond donors (Lipinski definition) is 3. The molecule has 176 valence electrons. The van der Waals surface area contributed by atoms with E-state index < -0.39 is 12.0 Å². The lowest BCUT2D eigenvalue weighted by molar-refractivity contribution is -0.145. The second-order valence-electron chi connectivity index (χ2n) is 7.84. The van der Waals surface area contributed by atoms with E-state index in [1.54, 1.807) is 19.1 Å². The standard InChI is InChI=1S/C25H36N2O5/c1-4-6-8-14-24(30)32-18-22(15-20-12-9-7-10-13-20)27-25(31)21(11-5-2)16-23(29)26-19(3)17-28/h4-5,7,9-10,12-13,19,21-22,28H,1-2,6,8,11,14-18H2,3H3,(H,26,29)(H,27,31)/t19-,21-,22+/m1/s1. The van der Waals surface area contributed by atoms with Crippen molar-refractivity contribution in [3.8, 4) is 0 Å². The first-order valence-corrected chi connectivity index (χ1v) is 11.0. The number of benzene rings is 1. The van der Waals surface area contributed by atoms with Gasteiger partial charge in [0.2, 0.25) is 11.8 Å². The van der Waals surface area contributed by atoms with E-state index in [-0.39, 0.29) is 43.5 Å². The molecule has 1 aromatic rings. The van der Waals surface area contributed by atoms with Gasteiger partial charge in [-0.25, -0.2) is 0 Å². The van der Waals surface area contributed by atoms with Gasteiger partial charge in [-0.05, 0) is 38.2 Å². The first kappa shape index (κ1) is 27.1. The Morgan fingerprint density at radius 1 is 1.12 bits per heavy atom. The summed E-state index contributed by atoms with van der Waals surface area (Å²) in [5.41, 5.74) is 0.996. The number of unbranched alkanes of at least 4 members (excludes halogenated alkanes) is 1. The lowest BCUT2D eigenvalue weighted by Gasteiger charge is -2.23. The number of aliphatic hydroxyl groups is 1. The van der Waals surface area contributed by atoms with Crippen molar-refractivity contribution in [1.82, 2.24) is 10.6 Å². The zero-order valence-corrected chi connectivity index (χ0v) is 18.9. The molecule has 0 aromatic heterocycles. The summed E-state index contributed by atoms with van der Waals surface area (Å²) in [5, 5.41) is 14.7. The Morgan fingerprint density at radius 3 is 2.47 bits per heavy atom. The fourth-order valence-corrected chi connectivity index (χ4v) is 3.11. The van der Waals surface area contributed by atoms with E-state index in [0.717, 1.165) is 12.0 Å². The summed E-state index contributed by atoms with van der Waals surface area (Å²) in [6.45, 7) is 8.86. The monoisotopic (exact) mass is 444 g/mol. The molecule has 3 N–H and O–H groups in total. The summed E-state index contributed by atoms with van der Waals surface area (Å²) < 4.78 is 5.40. The Kier molecular flexibility index (Phi) is 13.4. The highest BCUT2D eigenvalue weighted by Crippen LogP contribution is 2.12. The summed E-state index contributed by atoms with van der Waals surface area (Å²) in [5.74, 6) is -1.55. The van der Waals surface area contributed by atoms with Crippen molar-refractivity contribution in [2.24, 2.45) is 5.92 Å². The molecule has 7 heteroatoms. The maximum Gasteiger partial charge on any atom is 0.305 e. The van der Waals surface area contributed by atoms with Crippen molar-refractivity contribution < 1.29 is 24.2 Å². The molecule has 0 aliphatic heterocycles. The van der Waals surface area contributed by atoms with Gasteiger partial charge in [-0.2, -0.15) is 0 Å². The number of carbonyl (C=O) groups excluding carboxylic acids is 3. The molecule has 1 rings (SSSR count). The molecule has 0 saturated heterocycles. The Labute approximate surface area is 190 Å². The number of ether oxygens (including phenoxy) is 1. The Morgan fingerprint density at radius 2 is 1.84 bits per heavy atom. The number of carbonyl (C=O) groups is 3. The molecule has 3 atom stereocenters. The highest BCUT2D eigenvalue weighted by Gasteiger charge is 2.24. The van der Waals surface area contributed by atoms with Crippen molar-refractivity contribution in [3.63, 3.8) is 0 Å². The van der Waals surface area contributed by atoms with Gasteiger partial charge < -0.3 is 20.5 Å². The van der Waals surface area contributed by atoms with Crippen molar-refractivity contribution in [2.75, 3.05) is 13.2 Å². The molecule has 0 aliphatic rings. The third kappa shape index (κ3) is 11.5. The first-order chi connectivity index (χ1) is 15.4. The van der Waals surface area contributed by atoms with Crippen molar-refractivity contribution in [3.05, 3.63) is 61.2 Å². The van der Waals surface area contributed by atoms with Gasteiger partial charge in [-0.3, -0.25) is 14.4 Å². The predicted octanol–water partition coefficient (Wildman–Crippen LogP) is 2.69. The average molecular weight is 445 g/mol. The van der Waals surface area contributed by atoms with E-state index in [9.17, 15) is 14.4 Å². The second kappa shape index (κ2) is 15.8. The topological polar surface area (TPSA) is 105 Å². The van der Waals surface area contributed by atoms with Crippen LogP contribution in [0.3, 0.4) is 0 Å². The fraction of sp³-hybridized carbons (Fsp3) is 0.480. The number of amides is 2. The van der Waals surface area contributed by atoms with E-state index >= 15 is 0 Å². The van der Waals surface area contributed by atoms with Crippen LogP contribution in [0.4, 0.5) is 0 Å². The zero-order chi connectivity index (χ0) is 23.8.